The highest BCUT2D eigenvalue weighted by molar-refractivity contribution is 5.94. The second-order valence-electron chi connectivity index (χ2n) is 6.95. The van der Waals surface area contributed by atoms with Crippen molar-refractivity contribution < 1.29 is 4.79 Å². The van der Waals surface area contributed by atoms with E-state index in [2.05, 4.69) is 50.2 Å². The Labute approximate surface area is 122 Å². The number of hydrogen-bond acceptors (Lipinski definition) is 2. The summed E-state index contributed by atoms with van der Waals surface area (Å²) in [4.78, 5) is 14.4. The molecular weight excluding hydrogens is 248 g/mol. The van der Waals surface area contributed by atoms with Crippen LogP contribution in [0.4, 0.5) is 0 Å². The van der Waals surface area contributed by atoms with Gasteiger partial charge in [0.25, 0.3) is 5.91 Å². The van der Waals surface area contributed by atoms with Crippen LogP contribution in [0.15, 0.2) is 24.3 Å². The zero-order valence-corrected chi connectivity index (χ0v) is 13.1. The molecule has 1 aliphatic rings. The third kappa shape index (κ3) is 3.83. The summed E-state index contributed by atoms with van der Waals surface area (Å²) in [6, 6.07) is 7.96. The first-order valence-corrected chi connectivity index (χ1v) is 7.43. The quantitative estimate of drug-likeness (QED) is 0.919. The van der Waals surface area contributed by atoms with Gasteiger partial charge in [0.05, 0.1) is 0 Å². The van der Waals surface area contributed by atoms with Gasteiger partial charge in [0.2, 0.25) is 0 Å². The Morgan fingerprint density at radius 3 is 2.45 bits per heavy atom. The van der Waals surface area contributed by atoms with Crippen molar-refractivity contribution in [3.63, 3.8) is 0 Å². The van der Waals surface area contributed by atoms with Gasteiger partial charge in [0.15, 0.2) is 0 Å². The standard InChI is InChI=1S/C17H26N2O/c1-17(2,3)15-7-5-14(6-8-15)16(20)18-11-13-9-10-19(4)12-13/h5-8,13H,9-12H2,1-4H3,(H,18,20). The van der Waals surface area contributed by atoms with Gasteiger partial charge in [0.1, 0.15) is 0 Å². The van der Waals surface area contributed by atoms with Gasteiger partial charge in [-0.25, -0.2) is 0 Å². The number of benzene rings is 1. The molecule has 0 spiro atoms. The first-order valence-electron chi connectivity index (χ1n) is 7.43. The molecule has 1 saturated heterocycles. The highest BCUT2D eigenvalue weighted by Crippen LogP contribution is 2.22. The van der Waals surface area contributed by atoms with Crippen LogP contribution in [0.5, 0.6) is 0 Å². The van der Waals surface area contributed by atoms with Crippen LogP contribution < -0.4 is 5.32 Å². The minimum Gasteiger partial charge on any atom is -0.352 e. The summed E-state index contributed by atoms with van der Waals surface area (Å²) in [6.45, 7) is 9.55. The molecule has 3 heteroatoms. The maximum Gasteiger partial charge on any atom is 0.251 e. The van der Waals surface area contributed by atoms with Gasteiger partial charge in [-0.1, -0.05) is 32.9 Å². The number of carbonyl (C=O) groups is 1. The number of amides is 1. The molecule has 1 heterocycles. The van der Waals surface area contributed by atoms with E-state index in [0.29, 0.717) is 5.92 Å². The molecule has 0 saturated carbocycles. The van der Waals surface area contributed by atoms with Crippen molar-refractivity contribution in [2.75, 3.05) is 26.7 Å². The van der Waals surface area contributed by atoms with Crippen molar-refractivity contribution in [1.29, 1.82) is 0 Å². The molecule has 0 radical (unpaired) electrons. The average Bonchev–Trinajstić information content (AvgIpc) is 2.81. The fourth-order valence-corrected chi connectivity index (χ4v) is 2.65. The van der Waals surface area contributed by atoms with Crippen LogP contribution in [0.25, 0.3) is 0 Å². The first-order chi connectivity index (χ1) is 9.36. The van der Waals surface area contributed by atoms with E-state index in [1.54, 1.807) is 0 Å². The van der Waals surface area contributed by atoms with E-state index < -0.39 is 0 Å². The van der Waals surface area contributed by atoms with E-state index in [9.17, 15) is 4.79 Å². The molecule has 0 bridgehead atoms. The Bertz CT molecular complexity index is 459. The Balaban J connectivity index is 1.89. The van der Waals surface area contributed by atoms with Crippen molar-refractivity contribution >= 4 is 5.91 Å². The van der Waals surface area contributed by atoms with Gasteiger partial charge in [-0.15, -0.1) is 0 Å². The van der Waals surface area contributed by atoms with Crippen LogP contribution in [0.2, 0.25) is 0 Å². The third-order valence-electron chi connectivity index (χ3n) is 4.05. The molecule has 3 nitrogen and oxygen atoms in total. The minimum atomic E-state index is 0.0417. The number of rotatable bonds is 3. The molecule has 110 valence electrons. The lowest BCUT2D eigenvalue weighted by atomic mass is 9.87. The summed E-state index contributed by atoms with van der Waals surface area (Å²) in [6.07, 6.45) is 1.18. The lowest BCUT2D eigenvalue weighted by Gasteiger charge is -2.19. The molecular formula is C17H26N2O. The number of hydrogen-bond donors (Lipinski definition) is 1. The largest absolute Gasteiger partial charge is 0.352 e. The summed E-state index contributed by atoms with van der Waals surface area (Å²) in [7, 11) is 2.13. The molecule has 1 fully saturated rings. The molecule has 1 amide bonds. The molecule has 2 rings (SSSR count). The molecule has 20 heavy (non-hydrogen) atoms. The summed E-state index contributed by atoms with van der Waals surface area (Å²) < 4.78 is 0. The molecule has 0 aromatic heterocycles. The fraction of sp³-hybridized carbons (Fsp3) is 0.588. The molecule has 0 aliphatic carbocycles. The molecule has 1 aromatic rings. The number of nitrogens with one attached hydrogen (secondary N) is 1. The van der Waals surface area contributed by atoms with E-state index in [1.165, 1.54) is 12.0 Å². The van der Waals surface area contributed by atoms with Crippen LogP contribution in [-0.2, 0) is 5.41 Å². The third-order valence-corrected chi connectivity index (χ3v) is 4.05. The summed E-state index contributed by atoms with van der Waals surface area (Å²) in [5.74, 6) is 0.637. The second-order valence-corrected chi connectivity index (χ2v) is 6.95. The lowest BCUT2D eigenvalue weighted by Crippen LogP contribution is -2.30. The van der Waals surface area contributed by atoms with Gasteiger partial charge in [-0.05, 0) is 49.0 Å². The Kier molecular flexibility index (Phi) is 4.48. The van der Waals surface area contributed by atoms with Gasteiger partial charge >= 0.3 is 0 Å². The maximum absolute atomic E-state index is 12.1. The predicted molar refractivity (Wildman–Crippen MR) is 83.1 cm³/mol. The van der Waals surface area contributed by atoms with Gasteiger partial charge in [-0.2, -0.15) is 0 Å². The number of carbonyl (C=O) groups excluding carboxylic acids is 1. The zero-order chi connectivity index (χ0) is 14.8. The van der Waals surface area contributed by atoms with Gasteiger partial charge < -0.3 is 10.2 Å². The fourth-order valence-electron chi connectivity index (χ4n) is 2.65. The number of likely N-dealkylation sites (tertiary alicyclic amines) is 1. The van der Waals surface area contributed by atoms with Crippen LogP contribution in [0.1, 0.15) is 43.1 Å². The van der Waals surface area contributed by atoms with Gasteiger partial charge in [-0.3, -0.25) is 4.79 Å². The zero-order valence-electron chi connectivity index (χ0n) is 13.1. The van der Waals surface area contributed by atoms with E-state index in [1.807, 2.05) is 12.1 Å². The monoisotopic (exact) mass is 274 g/mol. The van der Waals surface area contributed by atoms with Crippen LogP contribution in [0, 0.1) is 5.92 Å². The van der Waals surface area contributed by atoms with Crippen molar-refractivity contribution in [3.8, 4) is 0 Å². The highest BCUT2D eigenvalue weighted by Gasteiger charge is 2.20. The SMILES string of the molecule is CN1CCC(CNC(=O)c2ccc(C(C)(C)C)cc2)C1. The van der Waals surface area contributed by atoms with E-state index >= 15 is 0 Å². The Morgan fingerprint density at radius 2 is 1.95 bits per heavy atom. The maximum atomic E-state index is 12.1. The number of nitrogens with zero attached hydrogens (tertiary/aromatic N) is 1. The van der Waals surface area contributed by atoms with Crippen molar-refractivity contribution in [2.24, 2.45) is 5.92 Å². The first kappa shape index (κ1) is 15.0. The smallest absolute Gasteiger partial charge is 0.251 e. The van der Waals surface area contributed by atoms with Gasteiger partial charge in [0, 0.05) is 18.7 Å². The molecule has 1 N–H and O–H groups in total. The topological polar surface area (TPSA) is 32.3 Å². The predicted octanol–water partition coefficient (Wildman–Crippen LogP) is 2.67. The van der Waals surface area contributed by atoms with Crippen molar-refractivity contribution in [3.05, 3.63) is 35.4 Å². The Hall–Kier alpha value is -1.35. The molecule has 1 aliphatic heterocycles. The van der Waals surface area contributed by atoms with E-state index in [-0.39, 0.29) is 11.3 Å². The summed E-state index contributed by atoms with van der Waals surface area (Å²) in [5.41, 5.74) is 2.14. The molecule has 1 unspecified atom stereocenters. The summed E-state index contributed by atoms with van der Waals surface area (Å²) in [5, 5.41) is 3.05. The normalized spacial score (nSPS) is 20.1. The molecule has 1 atom stereocenters. The van der Waals surface area contributed by atoms with Crippen LogP contribution in [-0.4, -0.2) is 37.5 Å². The van der Waals surface area contributed by atoms with Crippen molar-refractivity contribution in [2.45, 2.75) is 32.6 Å². The van der Waals surface area contributed by atoms with Crippen molar-refractivity contribution in [1.82, 2.24) is 10.2 Å². The average molecular weight is 274 g/mol. The van der Waals surface area contributed by atoms with Crippen LogP contribution in [0.3, 0.4) is 0 Å². The lowest BCUT2D eigenvalue weighted by molar-refractivity contribution is 0.0947. The molecule has 1 aromatic carbocycles. The van der Waals surface area contributed by atoms with E-state index in [4.69, 9.17) is 0 Å². The summed E-state index contributed by atoms with van der Waals surface area (Å²) >= 11 is 0. The van der Waals surface area contributed by atoms with E-state index in [0.717, 1.165) is 25.2 Å². The second kappa shape index (κ2) is 5.96. The Morgan fingerprint density at radius 1 is 1.30 bits per heavy atom. The van der Waals surface area contributed by atoms with Crippen LogP contribution >= 0.6 is 0 Å². The minimum absolute atomic E-state index is 0.0417. The highest BCUT2D eigenvalue weighted by atomic mass is 16.1.